The summed E-state index contributed by atoms with van der Waals surface area (Å²) in [6, 6.07) is 13.5. The molecule has 0 radical (unpaired) electrons. The van der Waals surface area contributed by atoms with Crippen LogP contribution in [0, 0.1) is 0 Å². The van der Waals surface area contributed by atoms with E-state index in [1.165, 1.54) is 0 Å². The predicted octanol–water partition coefficient (Wildman–Crippen LogP) is 4.24. The lowest BCUT2D eigenvalue weighted by Crippen LogP contribution is -2.03. The number of ether oxygens (including phenoxy) is 3. The third-order valence-electron chi connectivity index (χ3n) is 3.37. The molecule has 3 nitrogen and oxygen atoms in total. The predicted molar refractivity (Wildman–Crippen MR) is 84.8 cm³/mol. The molecule has 0 saturated carbocycles. The van der Waals surface area contributed by atoms with Gasteiger partial charge in [0.25, 0.3) is 0 Å². The molecule has 4 heteroatoms. The minimum absolute atomic E-state index is 0.271. The Labute approximate surface area is 130 Å². The molecule has 21 heavy (non-hydrogen) atoms. The molecule has 1 unspecified atom stereocenters. The number of halogens is 1. The van der Waals surface area contributed by atoms with Crippen molar-refractivity contribution >= 4 is 11.6 Å². The maximum atomic E-state index is 6.62. The molecule has 0 heterocycles. The van der Waals surface area contributed by atoms with Crippen molar-refractivity contribution in [2.45, 2.75) is 11.8 Å². The highest BCUT2D eigenvalue weighted by molar-refractivity contribution is 6.21. The lowest BCUT2D eigenvalue weighted by molar-refractivity contribution is 0.383. The monoisotopic (exact) mass is 306 g/mol. The van der Waals surface area contributed by atoms with Gasteiger partial charge in [0.1, 0.15) is 17.2 Å². The summed E-state index contributed by atoms with van der Waals surface area (Å²) in [6.07, 6.45) is 0.627. The van der Waals surface area contributed by atoms with E-state index < -0.39 is 0 Å². The minimum atomic E-state index is -0.271. The molecule has 2 aromatic rings. The average Bonchev–Trinajstić information content (AvgIpc) is 2.54. The van der Waals surface area contributed by atoms with Gasteiger partial charge in [-0.3, -0.25) is 0 Å². The van der Waals surface area contributed by atoms with E-state index in [4.69, 9.17) is 25.8 Å². The molecule has 0 saturated heterocycles. The van der Waals surface area contributed by atoms with Gasteiger partial charge in [0.05, 0.1) is 32.3 Å². The van der Waals surface area contributed by atoms with Crippen LogP contribution in [0.1, 0.15) is 16.5 Å². The molecule has 0 bridgehead atoms. The van der Waals surface area contributed by atoms with Gasteiger partial charge in [-0.2, -0.15) is 0 Å². The van der Waals surface area contributed by atoms with Crippen LogP contribution in [-0.4, -0.2) is 21.3 Å². The number of alkyl halides is 1. The normalized spacial score (nSPS) is 11.8. The van der Waals surface area contributed by atoms with E-state index in [-0.39, 0.29) is 5.38 Å². The average molecular weight is 307 g/mol. The van der Waals surface area contributed by atoms with E-state index in [2.05, 4.69) is 0 Å². The minimum Gasteiger partial charge on any atom is -0.496 e. The first-order valence-corrected chi connectivity index (χ1v) is 7.11. The topological polar surface area (TPSA) is 27.7 Å². The zero-order valence-electron chi connectivity index (χ0n) is 12.4. The van der Waals surface area contributed by atoms with Crippen molar-refractivity contribution in [2.75, 3.05) is 21.3 Å². The van der Waals surface area contributed by atoms with E-state index in [1.54, 1.807) is 21.3 Å². The van der Waals surface area contributed by atoms with Gasteiger partial charge in [0.2, 0.25) is 0 Å². The zero-order chi connectivity index (χ0) is 15.2. The van der Waals surface area contributed by atoms with Gasteiger partial charge < -0.3 is 14.2 Å². The fourth-order valence-electron chi connectivity index (χ4n) is 2.36. The van der Waals surface area contributed by atoms with Crippen molar-refractivity contribution in [3.05, 3.63) is 53.6 Å². The van der Waals surface area contributed by atoms with Gasteiger partial charge in [-0.15, -0.1) is 11.6 Å². The summed E-state index contributed by atoms with van der Waals surface area (Å²) in [5.41, 5.74) is 1.91. The van der Waals surface area contributed by atoms with E-state index in [1.807, 2.05) is 42.5 Å². The highest BCUT2D eigenvalue weighted by Gasteiger charge is 2.20. The third kappa shape index (κ3) is 3.42. The van der Waals surface area contributed by atoms with Gasteiger partial charge in [-0.1, -0.05) is 24.3 Å². The number of hydrogen-bond donors (Lipinski definition) is 0. The molecule has 0 spiro atoms. The number of benzene rings is 2. The van der Waals surface area contributed by atoms with Crippen LogP contribution in [0.4, 0.5) is 0 Å². The molecular formula is C17H19ClO3. The SMILES string of the molecule is COc1ccccc1CC(Cl)c1c(OC)cccc1OC. The Kier molecular flexibility index (Phi) is 5.34. The molecule has 0 N–H and O–H groups in total. The second kappa shape index (κ2) is 7.23. The molecule has 1 atom stereocenters. The summed E-state index contributed by atoms with van der Waals surface area (Å²) >= 11 is 6.62. The quantitative estimate of drug-likeness (QED) is 0.747. The maximum Gasteiger partial charge on any atom is 0.127 e. The molecule has 2 aromatic carbocycles. The molecule has 0 amide bonds. The second-order valence-electron chi connectivity index (χ2n) is 4.56. The first-order valence-electron chi connectivity index (χ1n) is 6.68. The molecule has 2 rings (SSSR count). The molecule has 0 aliphatic heterocycles. The van der Waals surface area contributed by atoms with E-state index >= 15 is 0 Å². The van der Waals surface area contributed by atoms with Crippen LogP contribution in [-0.2, 0) is 6.42 Å². The van der Waals surface area contributed by atoms with Crippen LogP contribution in [0.15, 0.2) is 42.5 Å². The molecule has 0 aliphatic rings. The van der Waals surface area contributed by atoms with Crippen molar-refractivity contribution in [1.29, 1.82) is 0 Å². The van der Waals surface area contributed by atoms with Crippen LogP contribution in [0.25, 0.3) is 0 Å². The Hall–Kier alpha value is -1.87. The van der Waals surface area contributed by atoms with E-state index in [9.17, 15) is 0 Å². The summed E-state index contributed by atoms with van der Waals surface area (Å²) in [6.45, 7) is 0. The standard InChI is InChI=1S/C17H19ClO3/c1-19-14-8-5-4-7-12(14)11-13(18)17-15(20-2)9-6-10-16(17)21-3/h4-10,13H,11H2,1-3H3. The summed E-state index contributed by atoms with van der Waals surface area (Å²) in [5, 5.41) is -0.271. The summed E-state index contributed by atoms with van der Waals surface area (Å²) in [4.78, 5) is 0. The Bertz CT molecular complexity index is 576. The largest absolute Gasteiger partial charge is 0.496 e. The molecule has 0 fully saturated rings. The fraction of sp³-hybridized carbons (Fsp3) is 0.294. The first-order chi connectivity index (χ1) is 10.2. The Balaban J connectivity index is 2.34. The number of rotatable bonds is 6. The number of hydrogen-bond acceptors (Lipinski definition) is 3. The van der Waals surface area contributed by atoms with Gasteiger partial charge in [-0.05, 0) is 30.2 Å². The highest BCUT2D eigenvalue weighted by atomic mass is 35.5. The van der Waals surface area contributed by atoms with Gasteiger partial charge in [0.15, 0.2) is 0 Å². The van der Waals surface area contributed by atoms with Gasteiger partial charge in [0, 0.05) is 0 Å². The number of methoxy groups -OCH3 is 3. The van der Waals surface area contributed by atoms with E-state index in [0.29, 0.717) is 6.42 Å². The van der Waals surface area contributed by atoms with Crippen LogP contribution >= 0.6 is 11.6 Å². The van der Waals surface area contributed by atoms with Crippen molar-refractivity contribution in [3.63, 3.8) is 0 Å². The van der Waals surface area contributed by atoms with Crippen molar-refractivity contribution in [3.8, 4) is 17.2 Å². The smallest absolute Gasteiger partial charge is 0.127 e. The highest BCUT2D eigenvalue weighted by Crippen LogP contribution is 2.40. The van der Waals surface area contributed by atoms with Crippen molar-refractivity contribution < 1.29 is 14.2 Å². The summed E-state index contributed by atoms with van der Waals surface area (Å²) in [5.74, 6) is 2.28. The molecule has 0 aromatic heterocycles. The zero-order valence-corrected chi connectivity index (χ0v) is 13.2. The van der Waals surface area contributed by atoms with Crippen molar-refractivity contribution in [1.82, 2.24) is 0 Å². The van der Waals surface area contributed by atoms with Crippen LogP contribution in [0.3, 0.4) is 0 Å². The van der Waals surface area contributed by atoms with Crippen LogP contribution < -0.4 is 14.2 Å². The molecule has 0 aliphatic carbocycles. The summed E-state index contributed by atoms with van der Waals surface area (Å²) in [7, 11) is 4.92. The van der Waals surface area contributed by atoms with Crippen LogP contribution in [0.5, 0.6) is 17.2 Å². The Morgan fingerprint density at radius 1 is 0.810 bits per heavy atom. The molecular weight excluding hydrogens is 288 g/mol. The third-order valence-corrected chi connectivity index (χ3v) is 3.74. The first kappa shape index (κ1) is 15.5. The second-order valence-corrected chi connectivity index (χ2v) is 5.09. The summed E-state index contributed by atoms with van der Waals surface area (Å²) < 4.78 is 16.2. The maximum absolute atomic E-state index is 6.62. The Morgan fingerprint density at radius 3 is 1.90 bits per heavy atom. The molecule has 112 valence electrons. The Morgan fingerprint density at radius 2 is 1.33 bits per heavy atom. The fourth-order valence-corrected chi connectivity index (χ4v) is 2.74. The van der Waals surface area contributed by atoms with Crippen LogP contribution in [0.2, 0.25) is 0 Å². The lowest BCUT2D eigenvalue weighted by atomic mass is 10.0. The van der Waals surface area contributed by atoms with Gasteiger partial charge >= 0.3 is 0 Å². The number of para-hydroxylation sites is 1. The lowest BCUT2D eigenvalue weighted by Gasteiger charge is -2.18. The van der Waals surface area contributed by atoms with E-state index in [0.717, 1.165) is 28.4 Å². The van der Waals surface area contributed by atoms with Gasteiger partial charge in [-0.25, -0.2) is 0 Å². The van der Waals surface area contributed by atoms with Crippen molar-refractivity contribution in [2.24, 2.45) is 0 Å².